The van der Waals surface area contributed by atoms with Gasteiger partial charge in [-0.05, 0) is 16.8 Å². The normalized spacial score (nSPS) is 9.85. The molecule has 4 nitrogen and oxygen atoms in total. The van der Waals surface area contributed by atoms with Crippen molar-refractivity contribution in [1.82, 2.24) is 20.6 Å². The molecule has 0 radical (unpaired) electrons. The molecule has 1 aromatic heterocycles. The molecule has 0 unspecified atom stereocenters. The molecule has 0 saturated heterocycles. The molecule has 0 aliphatic carbocycles. The maximum absolute atomic E-state index is 3.88. The van der Waals surface area contributed by atoms with Gasteiger partial charge in [-0.15, -0.1) is 10.2 Å². The number of aromatic amines is 1. The van der Waals surface area contributed by atoms with Crippen molar-refractivity contribution >= 4 is 6.08 Å². The first-order chi connectivity index (χ1) is 6.40. The van der Waals surface area contributed by atoms with Crippen LogP contribution in [-0.4, -0.2) is 20.6 Å². The van der Waals surface area contributed by atoms with Crippen LogP contribution >= 0.6 is 0 Å². The molecule has 13 heavy (non-hydrogen) atoms. The minimum Gasteiger partial charge on any atom is -0.177 e. The summed E-state index contributed by atoms with van der Waals surface area (Å²) in [6.07, 6.45) is 1.78. The minimum absolute atomic E-state index is 0.601. The van der Waals surface area contributed by atoms with Crippen LogP contribution in [0.2, 0.25) is 0 Å². The Labute approximate surface area is 75.3 Å². The van der Waals surface area contributed by atoms with Gasteiger partial charge < -0.3 is 0 Å². The Morgan fingerprint density at radius 1 is 1.38 bits per heavy atom. The third-order valence-electron chi connectivity index (χ3n) is 1.73. The van der Waals surface area contributed by atoms with Crippen LogP contribution in [0.5, 0.6) is 0 Å². The van der Waals surface area contributed by atoms with E-state index in [2.05, 4.69) is 27.2 Å². The van der Waals surface area contributed by atoms with E-state index < -0.39 is 0 Å². The van der Waals surface area contributed by atoms with Crippen LogP contribution < -0.4 is 0 Å². The van der Waals surface area contributed by atoms with Crippen molar-refractivity contribution in [3.8, 4) is 11.4 Å². The summed E-state index contributed by atoms with van der Waals surface area (Å²) in [5.41, 5.74) is 1.98. The van der Waals surface area contributed by atoms with Gasteiger partial charge in [0.25, 0.3) is 0 Å². The second-order valence-electron chi connectivity index (χ2n) is 2.56. The SMILES string of the molecule is C=Cc1cccc(-c2nn[nH]n2)c1. The summed E-state index contributed by atoms with van der Waals surface area (Å²) in [4.78, 5) is 0. The molecule has 1 aromatic carbocycles. The van der Waals surface area contributed by atoms with Gasteiger partial charge in [-0.3, -0.25) is 0 Å². The molecule has 0 aliphatic rings. The molecular formula is C9H8N4. The fourth-order valence-electron chi connectivity index (χ4n) is 1.09. The summed E-state index contributed by atoms with van der Waals surface area (Å²) >= 11 is 0. The van der Waals surface area contributed by atoms with Gasteiger partial charge in [-0.25, -0.2) is 0 Å². The van der Waals surface area contributed by atoms with Gasteiger partial charge in [0.05, 0.1) is 0 Å². The van der Waals surface area contributed by atoms with Crippen LogP contribution in [0.25, 0.3) is 17.5 Å². The average molecular weight is 172 g/mol. The molecule has 2 aromatic rings. The van der Waals surface area contributed by atoms with Crippen molar-refractivity contribution in [2.24, 2.45) is 0 Å². The average Bonchev–Trinajstić information content (AvgIpc) is 2.71. The van der Waals surface area contributed by atoms with Gasteiger partial charge in [-0.2, -0.15) is 5.21 Å². The Morgan fingerprint density at radius 2 is 2.31 bits per heavy atom. The molecule has 2 rings (SSSR count). The largest absolute Gasteiger partial charge is 0.204 e. The number of nitrogens with one attached hydrogen (secondary N) is 1. The molecule has 0 amide bonds. The minimum atomic E-state index is 0.601. The fourth-order valence-corrected chi connectivity index (χ4v) is 1.09. The maximum Gasteiger partial charge on any atom is 0.204 e. The van der Waals surface area contributed by atoms with E-state index in [1.807, 2.05) is 24.3 Å². The monoisotopic (exact) mass is 172 g/mol. The number of H-pyrrole nitrogens is 1. The highest BCUT2D eigenvalue weighted by Gasteiger charge is 2.01. The van der Waals surface area contributed by atoms with Crippen molar-refractivity contribution in [2.75, 3.05) is 0 Å². The van der Waals surface area contributed by atoms with Crippen molar-refractivity contribution in [3.63, 3.8) is 0 Å². The molecule has 4 heteroatoms. The van der Waals surface area contributed by atoms with Crippen molar-refractivity contribution in [1.29, 1.82) is 0 Å². The lowest BCUT2D eigenvalue weighted by Gasteiger charge is -1.95. The van der Waals surface area contributed by atoms with Crippen LogP contribution in [0.3, 0.4) is 0 Å². The Balaban J connectivity index is 2.47. The predicted molar refractivity (Wildman–Crippen MR) is 49.7 cm³/mol. The molecular weight excluding hydrogens is 164 g/mol. The number of hydrogen-bond donors (Lipinski definition) is 1. The van der Waals surface area contributed by atoms with E-state index in [-0.39, 0.29) is 0 Å². The smallest absolute Gasteiger partial charge is 0.177 e. The highest BCUT2D eigenvalue weighted by molar-refractivity contribution is 5.60. The highest BCUT2D eigenvalue weighted by Crippen LogP contribution is 2.15. The lowest BCUT2D eigenvalue weighted by molar-refractivity contribution is 0.881. The first kappa shape index (κ1) is 7.67. The van der Waals surface area contributed by atoms with Gasteiger partial charge in [0.2, 0.25) is 5.82 Å². The number of tetrazole rings is 1. The second-order valence-corrected chi connectivity index (χ2v) is 2.56. The quantitative estimate of drug-likeness (QED) is 0.747. The van der Waals surface area contributed by atoms with Crippen molar-refractivity contribution in [2.45, 2.75) is 0 Å². The lowest BCUT2D eigenvalue weighted by Crippen LogP contribution is -1.81. The molecule has 0 bridgehead atoms. The first-order valence-corrected chi connectivity index (χ1v) is 3.86. The van der Waals surface area contributed by atoms with Crippen molar-refractivity contribution in [3.05, 3.63) is 36.4 Å². The summed E-state index contributed by atoms with van der Waals surface area (Å²) < 4.78 is 0. The van der Waals surface area contributed by atoms with E-state index in [1.54, 1.807) is 6.08 Å². The Morgan fingerprint density at radius 3 is 3.00 bits per heavy atom. The Bertz CT molecular complexity index is 405. The summed E-state index contributed by atoms with van der Waals surface area (Å²) in [6, 6.07) is 7.79. The molecule has 0 spiro atoms. The predicted octanol–water partition coefficient (Wildman–Crippen LogP) is 1.51. The highest BCUT2D eigenvalue weighted by atomic mass is 15.5. The van der Waals surface area contributed by atoms with Gasteiger partial charge in [0.1, 0.15) is 0 Å². The molecule has 0 aliphatic heterocycles. The van der Waals surface area contributed by atoms with E-state index in [4.69, 9.17) is 0 Å². The number of nitrogens with zero attached hydrogens (tertiary/aromatic N) is 3. The third-order valence-corrected chi connectivity index (χ3v) is 1.73. The van der Waals surface area contributed by atoms with Crippen molar-refractivity contribution < 1.29 is 0 Å². The first-order valence-electron chi connectivity index (χ1n) is 3.86. The lowest BCUT2D eigenvalue weighted by atomic mass is 10.1. The van der Waals surface area contributed by atoms with Gasteiger partial charge in [0.15, 0.2) is 0 Å². The Hall–Kier alpha value is -1.97. The van der Waals surface area contributed by atoms with E-state index in [0.29, 0.717) is 5.82 Å². The third kappa shape index (κ3) is 1.46. The number of rotatable bonds is 2. The van der Waals surface area contributed by atoms with Gasteiger partial charge in [-0.1, -0.05) is 30.9 Å². The van der Waals surface area contributed by atoms with E-state index in [9.17, 15) is 0 Å². The topological polar surface area (TPSA) is 54.5 Å². The molecule has 1 heterocycles. The molecule has 0 saturated carbocycles. The summed E-state index contributed by atoms with van der Waals surface area (Å²) in [6.45, 7) is 3.69. The Kier molecular flexibility index (Phi) is 1.88. The summed E-state index contributed by atoms with van der Waals surface area (Å²) in [7, 11) is 0. The standard InChI is InChI=1S/C9H8N4/c1-2-7-4-3-5-8(6-7)9-10-12-13-11-9/h2-6H,1H2,(H,10,11,12,13). The number of aromatic nitrogens is 4. The van der Waals surface area contributed by atoms with Crippen LogP contribution in [0.4, 0.5) is 0 Å². The zero-order valence-electron chi connectivity index (χ0n) is 6.94. The van der Waals surface area contributed by atoms with Crippen LogP contribution in [0, 0.1) is 0 Å². The zero-order chi connectivity index (χ0) is 9.10. The molecule has 64 valence electrons. The number of benzene rings is 1. The summed E-state index contributed by atoms with van der Waals surface area (Å²) in [5.74, 6) is 0.601. The van der Waals surface area contributed by atoms with Gasteiger partial charge in [0, 0.05) is 5.56 Å². The van der Waals surface area contributed by atoms with Crippen LogP contribution in [0.15, 0.2) is 30.8 Å². The van der Waals surface area contributed by atoms with Crippen LogP contribution in [-0.2, 0) is 0 Å². The maximum atomic E-state index is 3.88. The molecule has 1 N–H and O–H groups in total. The van der Waals surface area contributed by atoms with E-state index >= 15 is 0 Å². The summed E-state index contributed by atoms with van der Waals surface area (Å²) in [5, 5.41) is 13.7. The molecule has 0 fully saturated rings. The van der Waals surface area contributed by atoms with E-state index in [0.717, 1.165) is 11.1 Å². The zero-order valence-corrected chi connectivity index (χ0v) is 6.94. The van der Waals surface area contributed by atoms with Gasteiger partial charge >= 0.3 is 0 Å². The van der Waals surface area contributed by atoms with E-state index in [1.165, 1.54) is 0 Å². The fraction of sp³-hybridized carbons (Fsp3) is 0. The second kappa shape index (κ2) is 3.18. The number of hydrogen-bond acceptors (Lipinski definition) is 3. The molecule has 0 atom stereocenters. The van der Waals surface area contributed by atoms with Crippen LogP contribution in [0.1, 0.15) is 5.56 Å².